The Morgan fingerprint density at radius 1 is 1.12 bits per heavy atom. The van der Waals surface area contributed by atoms with E-state index in [2.05, 4.69) is 22.9 Å². The van der Waals surface area contributed by atoms with Gasteiger partial charge in [0, 0.05) is 35.9 Å². The van der Waals surface area contributed by atoms with Crippen molar-refractivity contribution in [1.29, 1.82) is 0 Å². The Morgan fingerprint density at radius 3 is 2.58 bits per heavy atom. The van der Waals surface area contributed by atoms with Gasteiger partial charge in [0.1, 0.15) is 5.82 Å². The monoisotopic (exact) mass is 386 g/mol. The molecular formula is C20H20Cl2N4. The third kappa shape index (κ3) is 2.50. The minimum absolute atomic E-state index is 0.519. The first-order chi connectivity index (χ1) is 12.6. The number of halogens is 2. The molecule has 0 N–H and O–H groups in total. The highest BCUT2D eigenvalue weighted by Crippen LogP contribution is 2.43. The second-order valence-electron chi connectivity index (χ2n) is 7.60. The van der Waals surface area contributed by atoms with Crippen LogP contribution in [0.5, 0.6) is 0 Å². The average Bonchev–Trinajstić information content (AvgIpc) is 3.25. The maximum atomic E-state index is 6.54. The lowest BCUT2D eigenvalue weighted by Gasteiger charge is -2.39. The number of nitrogens with zero attached hydrogens (tertiary/aromatic N) is 4. The van der Waals surface area contributed by atoms with Crippen molar-refractivity contribution in [2.75, 3.05) is 4.90 Å². The molecule has 2 saturated heterocycles. The van der Waals surface area contributed by atoms with Gasteiger partial charge in [-0.2, -0.15) is 0 Å². The van der Waals surface area contributed by atoms with Crippen LogP contribution in [0.15, 0.2) is 36.9 Å². The molecule has 2 fully saturated rings. The van der Waals surface area contributed by atoms with E-state index in [4.69, 9.17) is 28.2 Å². The van der Waals surface area contributed by atoms with Gasteiger partial charge in [0.05, 0.1) is 27.6 Å². The van der Waals surface area contributed by atoms with Crippen molar-refractivity contribution >= 4 is 39.9 Å². The number of fused-ring (bicyclic) bond motifs is 3. The van der Waals surface area contributed by atoms with E-state index in [9.17, 15) is 0 Å². The Morgan fingerprint density at radius 2 is 1.88 bits per heavy atom. The lowest BCUT2D eigenvalue weighted by atomic mass is 9.92. The van der Waals surface area contributed by atoms with Gasteiger partial charge in [-0.1, -0.05) is 30.1 Å². The molecule has 0 amide bonds. The van der Waals surface area contributed by atoms with E-state index in [-0.39, 0.29) is 0 Å². The first kappa shape index (κ1) is 16.4. The normalized spacial score (nSPS) is 25.2. The highest BCUT2D eigenvalue weighted by Gasteiger charge is 2.40. The van der Waals surface area contributed by atoms with E-state index in [0.29, 0.717) is 22.1 Å². The molecule has 2 atom stereocenters. The van der Waals surface area contributed by atoms with E-state index in [1.54, 1.807) is 6.20 Å². The molecule has 2 aromatic heterocycles. The fraction of sp³-hybridized carbons (Fsp3) is 0.400. The second-order valence-corrected chi connectivity index (χ2v) is 8.38. The van der Waals surface area contributed by atoms with Gasteiger partial charge in [-0.15, -0.1) is 0 Å². The fourth-order valence-electron chi connectivity index (χ4n) is 4.77. The van der Waals surface area contributed by atoms with Crippen LogP contribution in [0.2, 0.25) is 10.0 Å². The number of benzene rings is 1. The summed E-state index contributed by atoms with van der Waals surface area (Å²) < 4.78 is 2.02. The standard InChI is InChI=1S/C20H20Cl2N4/c1-12-8-13-2-3-14(9-12)26(13)18-10-17(25-7-6-23-11-25)15-4-5-16(21)19(22)20(15)24-18/h4-7,10-14H,2-3,8-9H2,1H3. The lowest BCUT2D eigenvalue weighted by molar-refractivity contribution is 0.362. The summed E-state index contributed by atoms with van der Waals surface area (Å²) in [5.41, 5.74) is 1.80. The van der Waals surface area contributed by atoms with Gasteiger partial charge < -0.3 is 9.47 Å². The van der Waals surface area contributed by atoms with Crippen LogP contribution in [0.3, 0.4) is 0 Å². The zero-order valence-corrected chi connectivity index (χ0v) is 16.1. The topological polar surface area (TPSA) is 34.0 Å². The first-order valence-corrected chi connectivity index (χ1v) is 9.93. The number of anilines is 1. The Hall–Kier alpha value is -1.78. The highest BCUT2D eigenvalue weighted by atomic mass is 35.5. The molecule has 4 nitrogen and oxygen atoms in total. The summed E-state index contributed by atoms with van der Waals surface area (Å²) in [6.07, 6.45) is 10.5. The zero-order chi connectivity index (χ0) is 17.8. The number of pyridine rings is 1. The van der Waals surface area contributed by atoms with Crippen LogP contribution in [0, 0.1) is 5.92 Å². The summed E-state index contributed by atoms with van der Waals surface area (Å²) in [5.74, 6) is 1.79. The van der Waals surface area contributed by atoms with Gasteiger partial charge in [0.25, 0.3) is 0 Å². The Labute approximate surface area is 162 Å². The predicted molar refractivity (Wildman–Crippen MR) is 107 cm³/mol. The van der Waals surface area contributed by atoms with Crippen molar-refractivity contribution in [1.82, 2.24) is 14.5 Å². The lowest BCUT2D eigenvalue weighted by Crippen LogP contribution is -2.43. The van der Waals surface area contributed by atoms with Gasteiger partial charge in [-0.25, -0.2) is 9.97 Å². The Balaban J connectivity index is 1.73. The summed E-state index contributed by atoms with van der Waals surface area (Å²) in [6, 6.07) is 7.14. The quantitative estimate of drug-likeness (QED) is 0.583. The van der Waals surface area contributed by atoms with Crippen molar-refractivity contribution in [2.24, 2.45) is 5.92 Å². The van der Waals surface area contributed by atoms with E-state index in [1.165, 1.54) is 25.7 Å². The molecule has 26 heavy (non-hydrogen) atoms. The molecule has 2 aliphatic heterocycles. The Bertz CT molecular complexity index is 956. The molecule has 1 aromatic carbocycles. The molecule has 6 heteroatoms. The van der Waals surface area contributed by atoms with Crippen molar-refractivity contribution in [3.05, 3.63) is 47.0 Å². The van der Waals surface area contributed by atoms with Crippen LogP contribution in [0.25, 0.3) is 16.6 Å². The second kappa shape index (κ2) is 6.14. The maximum absolute atomic E-state index is 6.54. The van der Waals surface area contributed by atoms with Gasteiger partial charge in [0.2, 0.25) is 0 Å². The fourth-order valence-corrected chi connectivity index (χ4v) is 5.13. The SMILES string of the molecule is CC1CC2CCC(C1)N2c1cc(-n2ccnc2)c2ccc(Cl)c(Cl)c2n1. The largest absolute Gasteiger partial charge is 0.351 e. The number of aromatic nitrogens is 3. The van der Waals surface area contributed by atoms with Crippen LogP contribution in [-0.4, -0.2) is 26.6 Å². The van der Waals surface area contributed by atoms with E-state index in [0.717, 1.165) is 28.3 Å². The third-order valence-corrected chi connectivity index (χ3v) is 6.65. The van der Waals surface area contributed by atoms with E-state index >= 15 is 0 Å². The minimum Gasteiger partial charge on any atom is -0.351 e. The van der Waals surface area contributed by atoms with Gasteiger partial charge in [-0.05, 0) is 43.7 Å². The van der Waals surface area contributed by atoms with Gasteiger partial charge in [-0.3, -0.25) is 0 Å². The van der Waals surface area contributed by atoms with Crippen molar-refractivity contribution in [3.8, 4) is 5.69 Å². The Kier molecular flexibility index (Phi) is 3.87. The molecule has 2 aliphatic rings. The van der Waals surface area contributed by atoms with Crippen molar-refractivity contribution < 1.29 is 0 Å². The number of hydrogen-bond donors (Lipinski definition) is 0. The first-order valence-electron chi connectivity index (χ1n) is 9.17. The van der Waals surface area contributed by atoms with Crippen molar-refractivity contribution in [3.63, 3.8) is 0 Å². The van der Waals surface area contributed by atoms with Crippen LogP contribution >= 0.6 is 23.2 Å². The minimum atomic E-state index is 0.519. The number of piperidine rings is 1. The van der Waals surface area contributed by atoms with Crippen LogP contribution in [-0.2, 0) is 0 Å². The molecule has 5 rings (SSSR count). The van der Waals surface area contributed by atoms with Crippen LogP contribution in [0.4, 0.5) is 5.82 Å². The van der Waals surface area contributed by atoms with Gasteiger partial charge in [0.15, 0.2) is 0 Å². The summed E-state index contributed by atoms with van der Waals surface area (Å²) in [6.45, 7) is 2.37. The smallest absolute Gasteiger partial charge is 0.131 e. The number of imidazole rings is 1. The van der Waals surface area contributed by atoms with Gasteiger partial charge >= 0.3 is 0 Å². The molecule has 134 valence electrons. The third-order valence-electron chi connectivity index (χ3n) is 5.85. The number of rotatable bonds is 2. The van der Waals surface area contributed by atoms with E-state index < -0.39 is 0 Å². The molecule has 0 spiro atoms. The molecule has 2 bridgehead atoms. The maximum Gasteiger partial charge on any atom is 0.131 e. The van der Waals surface area contributed by atoms with Crippen LogP contribution < -0.4 is 4.90 Å². The highest BCUT2D eigenvalue weighted by molar-refractivity contribution is 6.45. The molecule has 0 radical (unpaired) electrons. The summed E-state index contributed by atoms with van der Waals surface area (Å²) in [4.78, 5) is 11.7. The predicted octanol–water partition coefficient (Wildman–Crippen LogP) is 5.49. The molecule has 0 saturated carbocycles. The summed E-state index contributed by atoms with van der Waals surface area (Å²) in [7, 11) is 0. The molecule has 0 aliphatic carbocycles. The molecule has 3 aromatic rings. The van der Waals surface area contributed by atoms with Crippen molar-refractivity contribution in [2.45, 2.75) is 44.7 Å². The molecule has 4 heterocycles. The van der Waals surface area contributed by atoms with E-state index in [1.807, 2.05) is 29.2 Å². The molecule has 2 unspecified atom stereocenters. The van der Waals surface area contributed by atoms with Crippen LogP contribution in [0.1, 0.15) is 32.6 Å². The summed E-state index contributed by atoms with van der Waals surface area (Å²) in [5, 5.41) is 2.04. The summed E-state index contributed by atoms with van der Waals surface area (Å²) >= 11 is 12.8. The average molecular weight is 387 g/mol. The number of hydrogen-bond acceptors (Lipinski definition) is 3. The zero-order valence-electron chi connectivity index (χ0n) is 14.6. The molecular weight excluding hydrogens is 367 g/mol.